The van der Waals surface area contributed by atoms with Crippen molar-refractivity contribution >= 4 is 0 Å². The minimum absolute atomic E-state index is 0.288. The molecule has 1 fully saturated rings. The summed E-state index contributed by atoms with van der Waals surface area (Å²) in [6, 6.07) is 2.29. The van der Waals surface area contributed by atoms with Gasteiger partial charge in [0, 0.05) is 25.3 Å². The van der Waals surface area contributed by atoms with E-state index in [1.165, 1.54) is 19.3 Å². The second kappa shape index (κ2) is 6.01. The molecule has 4 nitrogen and oxygen atoms in total. The molecule has 2 N–H and O–H groups in total. The highest BCUT2D eigenvalue weighted by molar-refractivity contribution is 4.95. The highest BCUT2D eigenvalue weighted by Gasteiger charge is 2.22. The third kappa shape index (κ3) is 3.06. The van der Waals surface area contributed by atoms with Gasteiger partial charge in [-0.3, -0.25) is 0 Å². The Morgan fingerprint density at radius 2 is 2.25 bits per heavy atom. The van der Waals surface area contributed by atoms with E-state index < -0.39 is 0 Å². The van der Waals surface area contributed by atoms with Crippen LogP contribution in [0.5, 0.6) is 0 Å². The molecule has 0 unspecified atom stereocenters. The van der Waals surface area contributed by atoms with Crippen molar-refractivity contribution < 1.29 is 9.63 Å². The average molecular weight is 224 g/mol. The fraction of sp³-hybridized carbons (Fsp3) is 0.750. The zero-order valence-electron chi connectivity index (χ0n) is 9.56. The van der Waals surface area contributed by atoms with Gasteiger partial charge in [0.15, 0.2) is 0 Å². The van der Waals surface area contributed by atoms with Crippen LogP contribution in [-0.2, 0) is 6.54 Å². The van der Waals surface area contributed by atoms with Gasteiger partial charge < -0.3 is 14.9 Å². The molecule has 2 atom stereocenters. The molecule has 0 aliphatic heterocycles. The fourth-order valence-corrected chi connectivity index (χ4v) is 2.44. The lowest BCUT2D eigenvalue weighted by molar-refractivity contribution is 0.180. The summed E-state index contributed by atoms with van der Waals surface area (Å²) in [5.41, 5.74) is 0.931. The maximum atomic E-state index is 9.37. The monoisotopic (exact) mass is 224 g/mol. The molecule has 1 heterocycles. The lowest BCUT2D eigenvalue weighted by Gasteiger charge is -2.24. The first kappa shape index (κ1) is 11.6. The number of aliphatic hydroxyl groups is 1. The van der Waals surface area contributed by atoms with Crippen molar-refractivity contribution in [2.24, 2.45) is 5.92 Å². The molecule has 1 saturated carbocycles. The van der Waals surface area contributed by atoms with Crippen molar-refractivity contribution in [3.05, 3.63) is 18.0 Å². The third-order valence-electron chi connectivity index (χ3n) is 3.43. The van der Waals surface area contributed by atoms with Gasteiger partial charge in [0.25, 0.3) is 0 Å². The maximum Gasteiger partial charge on any atom is 0.124 e. The summed E-state index contributed by atoms with van der Waals surface area (Å²) in [7, 11) is 0. The molecule has 1 aromatic heterocycles. The highest BCUT2D eigenvalue weighted by Crippen LogP contribution is 2.23. The Balaban J connectivity index is 1.85. The van der Waals surface area contributed by atoms with Crippen molar-refractivity contribution in [3.63, 3.8) is 0 Å². The van der Waals surface area contributed by atoms with Crippen molar-refractivity contribution in [2.75, 3.05) is 6.61 Å². The minimum atomic E-state index is 0.288. The Hall–Kier alpha value is -0.870. The van der Waals surface area contributed by atoms with Crippen molar-refractivity contribution in [2.45, 2.75) is 44.7 Å². The molecule has 0 radical (unpaired) electrons. The topological polar surface area (TPSA) is 58.3 Å². The van der Waals surface area contributed by atoms with Crippen molar-refractivity contribution in [3.8, 4) is 0 Å². The minimum Gasteiger partial charge on any atom is -0.396 e. The van der Waals surface area contributed by atoms with E-state index in [-0.39, 0.29) is 6.61 Å². The van der Waals surface area contributed by atoms with E-state index in [1.807, 2.05) is 6.07 Å². The zero-order valence-corrected chi connectivity index (χ0v) is 9.56. The number of hydrogen-bond donors (Lipinski definition) is 2. The highest BCUT2D eigenvalue weighted by atomic mass is 16.5. The summed E-state index contributed by atoms with van der Waals surface area (Å²) in [6.07, 6.45) is 7.67. The van der Waals surface area contributed by atoms with Crippen LogP contribution in [0.4, 0.5) is 0 Å². The smallest absolute Gasteiger partial charge is 0.124 e. The standard InChI is InChI=1S/C12H20N2O2/c15-9-10-4-2-1-3-5-12(10)13-8-11-6-7-16-14-11/h6-7,10,12-13,15H,1-5,8-9H2/t10-,12-/m0/s1. The molecule has 1 aliphatic carbocycles. The molecule has 0 amide bonds. The molecule has 0 aromatic carbocycles. The van der Waals surface area contributed by atoms with Gasteiger partial charge in [0.2, 0.25) is 0 Å². The summed E-state index contributed by atoms with van der Waals surface area (Å²) in [5, 5.41) is 16.7. The van der Waals surface area contributed by atoms with Crippen LogP contribution in [0.1, 0.15) is 37.8 Å². The first-order chi connectivity index (χ1) is 7.90. The van der Waals surface area contributed by atoms with E-state index in [1.54, 1.807) is 6.26 Å². The van der Waals surface area contributed by atoms with Crippen LogP contribution in [0.15, 0.2) is 16.9 Å². The van der Waals surface area contributed by atoms with Crippen molar-refractivity contribution in [1.29, 1.82) is 0 Å². The Bertz CT molecular complexity index is 287. The molecule has 4 heteroatoms. The average Bonchev–Trinajstić information content (AvgIpc) is 2.71. The van der Waals surface area contributed by atoms with E-state index in [0.29, 0.717) is 12.0 Å². The van der Waals surface area contributed by atoms with E-state index >= 15 is 0 Å². The van der Waals surface area contributed by atoms with E-state index in [0.717, 1.165) is 25.1 Å². The molecule has 16 heavy (non-hydrogen) atoms. The Morgan fingerprint density at radius 3 is 3.00 bits per heavy atom. The van der Waals surface area contributed by atoms with Gasteiger partial charge in [-0.2, -0.15) is 0 Å². The lowest BCUT2D eigenvalue weighted by atomic mass is 9.95. The molecule has 2 rings (SSSR count). The molecule has 0 spiro atoms. The molecule has 0 saturated heterocycles. The number of nitrogens with zero attached hydrogens (tertiary/aromatic N) is 1. The first-order valence-electron chi connectivity index (χ1n) is 6.13. The van der Waals surface area contributed by atoms with E-state index in [2.05, 4.69) is 10.5 Å². The molecule has 1 aromatic rings. The molecular weight excluding hydrogens is 204 g/mol. The second-order valence-corrected chi connectivity index (χ2v) is 4.56. The van der Waals surface area contributed by atoms with Crippen LogP contribution in [0, 0.1) is 5.92 Å². The van der Waals surface area contributed by atoms with Crippen LogP contribution in [0.25, 0.3) is 0 Å². The van der Waals surface area contributed by atoms with Gasteiger partial charge in [0.1, 0.15) is 6.26 Å². The van der Waals surface area contributed by atoms with Gasteiger partial charge >= 0.3 is 0 Å². The second-order valence-electron chi connectivity index (χ2n) is 4.56. The molecule has 1 aliphatic rings. The number of nitrogens with one attached hydrogen (secondary N) is 1. The Labute approximate surface area is 96.0 Å². The Morgan fingerprint density at radius 1 is 1.38 bits per heavy atom. The van der Waals surface area contributed by atoms with Gasteiger partial charge in [-0.05, 0) is 18.8 Å². The maximum absolute atomic E-state index is 9.37. The summed E-state index contributed by atoms with van der Waals surface area (Å²) in [5.74, 6) is 0.398. The molecule has 90 valence electrons. The predicted molar refractivity (Wildman–Crippen MR) is 60.8 cm³/mol. The van der Waals surface area contributed by atoms with E-state index in [9.17, 15) is 5.11 Å². The number of aromatic nitrogens is 1. The summed E-state index contributed by atoms with van der Waals surface area (Å²) in [6.45, 7) is 1.02. The Kier molecular flexibility index (Phi) is 4.36. The van der Waals surface area contributed by atoms with Gasteiger partial charge in [-0.25, -0.2) is 0 Å². The van der Waals surface area contributed by atoms with Crippen LogP contribution >= 0.6 is 0 Å². The van der Waals surface area contributed by atoms with Crippen LogP contribution < -0.4 is 5.32 Å². The predicted octanol–water partition coefficient (Wildman–Crippen LogP) is 1.71. The van der Waals surface area contributed by atoms with Gasteiger partial charge in [-0.1, -0.05) is 24.4 Å². The van der Waals surface area contributed by atoms with Crippen LogP contribution in [-0.4, -0.2) is 22.9 Å². The largest absolute Gasteiger partial charge is 0.396 e. The SMILES string of the molecule is OC[C@@H]1CCCCC[C@@H]1NCc1ccon1. The zero-order chi connectivity index (χ0) is 11.2. The summed E-state index contributed by atoms with van der Waals surface area (Å²) < 4.78 is 4.79. The molecular formula is C12H20N2O2. The lowest BCUT2D eigenvalue weighted by Crippen LogP contribution is -2.36. The number of rotatable bonds is 4. The fourth-order valence-electron chi connectivity index (χ4n) is 2.44. The third-order valence-corrected chi connectivity index (χ3v) is 3.43. The van der Waals surface area contributed by atoms with Crippen molar-refractivity contribution in [1.82, 2.24) is 10.5 Å². The summed E-state index contributed by atoms with van der Waals surface area (Å²) >= 11 is 0. The van der Waals surface area contributed by atoms with Crippen LogP contribution in [0.2, 0.25) is 0 Å². The molecule has 0 bridgehead atoms. The van der Waals surface area contributed by atoms with Gasteiger partial charge in [-0.15, -0.1) is 0 Å². The first-order valence-corrected chi connectivity index (χ1v) is 6.13. The van der Waals surface area contributed by atoms with E-state index in [4.69, 9.17) is 4.52 Å². The quantitative estimate of drug-likeness (QED) is 0.764. The van der Waals surface area contributed by atoms with Gasteiger partial charge in [0.05, 0.1) is 5.69 Å². The van der Waals surface area contributed by atoms with Crippen LogP contribution in [0.3, 0.4) is 0 Å². The summed E-state index contributed by atoms with van der Waals surface area (Å²) in [4.78, 5) is 0. The number of aliphatic hydroxyl groups excluding tert-OH is 1. The normalized spacial score (nSPS) is 26.6. The number of hydrogen-bond acceptors (Lipinski definition) is 4.